The molecule has 0 aromatic heterocycles. The van der Waals surface area contributed by atoms with Crippen LogP contribution in [0.2, 0.25) is 0 Å². The lowest BCUT2D eigenvalue weighted by atomic mass is 9.80. The van der Waals surface area contributed by atoms with Crippen LogP contribution in [0, 0.1) is 11.3 Å². The molecule has 1 rings (SSSR count). The van der Waals surface area contributed by atoms with Gasteiger partial charge in [-0.3, -0.25) is 10.1 Å². The van der Waals surface area contributed by atoms with Crippen LogP contribution in [0.5, 0.6) is 0 Å². The molecule has 0 bridgehead atoms. The van der Waals surface area contributed by atoms with Gasteiger partial charge in [-0.2, -0.15) is 0 Å². The molecule has 1 N–H and O–H groups in total. The van der Waals surface area contributed by atoms with Crippen LogP contribution in [0.4, 0.5) is 0 Å². The fourth-order valence-corrected chi connectivity index (χ4v) is 2.29. The van der Waals surface area contributed by atoms with Gasteiger partial charge < -0.3 is 4.90 Å². The Labute approximate surface area is 112 Å². The molecule has 0 aromatic carbocycles. The van der Waals surface area contributed by atoms with E-state index >= 15 is 0 Å². The molecular weight excluding hydrogens is 224 g/mol. The van der Waals surface area contributed by atoms with Crippen LogP contribution in [-0.4, -0.2) is 29.6 Å². The zero-order chi connectivity index (χ0) is 13.9. The Morgan fingerprint density at radius 1 is 1.39 bits per heavy atom. The first kappa shape index (κ1) is 15.5. The number of hydrogen-bond donors (Lipinski definition) is 1. The lowest BCUT2D eigenvalue weighted by Gasteiger charge is -2.35. The Balaban J connectivity index is 2.64. The molecule has 1 heterocycles. The number of carbonyl (C=O) groups excluding carboxylic acids is 1. The average molecular weight is 254 g/mol. The highest BCUT2D eigenvalue weighted by atomic mass is 16.2. The van der Waals surface area contributed by atoms with Crippen molar-refractivity contribution in [2.24, 2.45) is 11.3 Å². The van der Waals surface area contributed by atoms with Gasteiger partial charge in [0.15, 0.2) is 0 Å². The largest absolute Gasteiger partial charge is 0.326 e. The standard InChI is InChI=1S/C15H30N2O/c1-7-8-9-13-14(18)17(12(4)16-13)10-15(5,6)11(2)3/h11-13,16H,7-10H2,1-6H3. The van der Waals surface area contributed by atoms with Crippen molar-refractivity contribution in [3.8, 4) is 0 Å². The van der Waals surface area contributed by atoms with Crippen LogP contribution in [0.3, 0.4) is 0 Å². The van der Waals surface area contributed by atoms with Gasteiger partial charge >= 0.3 is 0 Å². The first-order valence-electron chi connectivity index (χ1n) is 7.36. The maximum Gasteiger partial charge on any atom is 0.241 e. The predicted octanol–water partition coefficient (Wildman–Crippen LogP) is 3.01. The van der Waals surface area contributed by atoms with E-state index in [2.05, 4.69) is 46.9 Å². The summed E-state index contributed by atoms with van der Waals surface area (Å²) in [5.41, 5.74) is 0.172. The maximum absolute atomic E-state index is 12.4. The summed E-state index contributed by atoms with van der Waals surface area (Å²) in [5.74, 6) is 0.872. The molecule has 1 aliphatic rings. The molecule has 1 aliphatic heterocycles. The first-order chi connectivity index (χ1) is 8.29. The normalized spacial score (nSPS) is 25.3. The van der Waals surface area contributed by atoms with Gasteiger partial charge in [-0.15, -0.1) is 0 Å². The zero-order valence-electron chi connectivity index (χ0n) is 12.9. The second kappa shape index (κ2) is 6.05. The monoisotopic (exact) mass is 254 g/mol. The third-order valence-corrected chi connectivity index (χ3v) is 4.48. The fourth-order valence-electron chi connectivity index (χ4n) is 2.29. The first-order valence-corrected chi connectivity index (χ1v) is 7.36. The third-order valence-electron chi connectivity index (χ3n) is 4.48. The number of carbonyl (C=O) groups is 1. The number of nitrogens with one attached hydrogen (secondary N) is 1. The lowest BCUT2D eigenvalue weighted by molar-refractivity contribution is -0.131. The second-order valence-corrected chi connectivity index (χ2v) is 6.65. The molecule has 0 saturated carbocycles. The molecule has 1 saturated heterocycles. The van der Waals surface area contributed by atoms with E-state index < -0.39 is 0 Å². The van der Waals surface area contributed by atoms with Gasteiger partial charge in [-0.05, 0) is 24.7 Å². The van der Waals surface area contributed by atoms with Crippen molar-refractivity contribution in [1.82, 2.24) is 10.2 Å². The highest BCUT2D eigenvalue weighted by Gasteiger charge is 2.39. The van der Waals surface area contributed by atoms with Crippen LogP contribution in [-0.2, 0) is 4.79 Å². The molecule has 18 heavy (non-hydrogen) atoms. The summed E-state index contributed by atoms with van der Waals surface area (Å²) in [5, 5.41) is 3.43. The summed E-state index contributed by atoms with van der Waals surface area (Å²) in [4.78, 5) is 14.4. The quantitative estimate of drug-likeness (QED) is 0.790. The topological polar surface area (TPSA) is 32.3 Å². The number of unbranched alkanes of at least 4 members (excludes halogenated alkanes) is 1. The minimum absolute atomic E-state index is 0.0444. The molecule has 0 aliphatic carbocycles. The average Bonchev–Trinajstić information content (AvgIpc) is 2.53. The van der Waals surface area contributed by atoms with Crippen molar-refractivity contribution < 1.29 is 4.79 Å². The zero-order valence-corrected chi connectivity index (χ0v) is 12.9. The van der Waals surface area contributed by atoms with Gasteiger partial charge in [0, 0.05) is 6.54 Å². The molecule has 2 atom stereocenters. The molecule has 0 aromatic rings. The summed E-state index contributed by atoms with van der Waals surface area (Å²) in [6.45, 7) is 14.1. The van der Waals surface area contributed by atoms with Gasteiger partial charge in [-0.25, -0.2) is 0 Å². The van der Waals surface area contributed by atoms with Crippen LogP contribution in [0.25, 0.3) is 0 Å². The van der Waals surface area contributed by atoms with Gasteiger partial charge in [0.2, 0.25) is 5.91 Å². The van der Waals surface area contributed by atoms with Crippen molar-refractivity contribution in [2.75, 3.05) is 6.54 Å². The minimum Gasteiger partial charge on any atom is -0.326 e. The van der Waals surface area contributed by atoms with E-state index in [9.17, 15) is 4.79 Å². The van der Waals surface area contributed by atoms with Crippen molar-refractivity contribution in [1.29, 1.82) is 0 Å². The lowest BCUT2D eigenvalue weighted by Crippen LogP contribution is -2.43. The minimum atomic E-state index is 0.0444. The van der Waals surface area contributed by atoms with Gasteiger partial charge in [0.1, 0.15) is 0 Å². The second-order valence-electron chi connectivity index (χ2n) is 6.65. The van der Waals surface area contributed by atoms with Crippen LogP contribution >= 0.6 is 0 Å². The molecule has 3 nitrogen and oxygen atoms in total. The van der Waals surface area contributed by atoms with E-state index in [4.69, 9.17) is 0 Å². The van der Waals surface area contributed by atoms with Crippen LogP contribution < -0.4 is 5.32 Å². The Morgan fingerprint density at radius 2 is 2.00 bits per heavy atom. The Morgan fingerprint density at radius 3 is 2.50 bits per heavy atom. The fraction of sp³-hybridized carbons (Fsp3) is 0.933. The molecule has 2 unspecified atom stereocenters. The summed E-state index contributed by atoms with van der Waals surface area (Å²) in [7, 11) is 0. The van der Waals surface area contributed by atoms with E-state index in [1.165, 1.54) is 0 Å². The van der Waals surface area contributed by atoms with Crippen LogP contribution in [0.15, 0.2) is 0 Å². The van der Waals surface area contributed by atoms with E-state index in [0.717, 1.165) is 25.8 Å². The molecule has 0 radical (unpaired) electrons. The van der Waals surface area contributed by atoms with Crippen molar-refractivity contribution >= 4 is 5.91 Å². The Kier molecular flexibility index (Phi) is 5.20. The number of rotatable bonds is 6. The van der Waals surface area contributed by atoms with E-state index in [0.29, 0.717) is 11.8 Å². The Hall–Kier alpha value is -0.570. The Bertz CT molecular complexity index is 286. The van der Waals surface area contributed by atoms with Gasteiger partial charge in [0.05, 0.1) is 12.2 Å². The molecule has 1 amide bonds. The molecule has 1 fully saturated rings. The highest BCUT2D eigenvalue weighted by molar-refractivity contribution is 5.84. The number of hydrogen-bond acceptors (Lipinski definition) is 2. The third kappa shape index (κ3) is 3.47. The summed E-state index contributed by atoms with van der Waals surface area (Å²) in [6, 6.07) is 0.0444. The molecule has 3 heteroatoms. The van der Waals surface area contributed by atoms with Gasteiger partial charge in [-0.1, -0.05) is 47.5 Å². The summed E-state index contributed by atoms with van der Waals surface area (Å²) < 4.78 is 0. The molecular formula is C15H30N2O. The SMILES string of the molecule is CCCCC1NC(C)N(CC(C)(C)C(C)C)C1=O. The van der Waals surface area contributed by atoms with E-state index in [1.54, 1.807) is 0 Å². The maximum atomic E-state index is 12.4. The number of nitrogens with zero attached hydrogens (tertiary/aromatic N) is 1. The summed E-state index contributed by atoms with van der Waals surface area (Å²) in [6.07, 6.45) is 3.42. The van der Waals surface area contributed by atoms with Crippen molar-refractivity contribution in [3.05, 3.63) is 0 Å². The summed E-state index contributed by atoms with van der Waals surface area (Å²) >= 11 is 0. The van der Waals surface area contributed by atoms with Gasteiger partial charge in [0.25, 0.3) is 0 Å². The number of amides is 1. The van der Waals surface area contributed by atoms with Crippen molar-refractivity contribution in [3.63, 3.8) is 0 Å². The van der Waals surface area contributed by atoms with E-state index in [-0.39, 0.29) is 17.6 Å². The van der Waals surface area contributed by atoms with Crippen molar-refractivity contribution in [2.45, 2.75) is 73.0 Å². The van der Waals surface area contributed by atoms with Crippen LogP contribution in [0.1, 0.15) is 60.8 Å². The molecule has 106 valence electrons. The molecule has 0 spiro atoms. The predicted molar refractivity (Wildman–Crippen MR) is 76.2 cm³/mol. The smallest absolute Gasteiger partial charge is 0.241 e. The highest BCUT2D eigenvalue weighted by Crippen LogP contribution is 2.29. The van der Waals surface area contributed by atoms with E-state index in [1.807, 2.05) is 4.90 Å².